The molecule has 20 heavy (non-hydrogen) atoms. The first-order chi connectivity index (χ1) is 9.36. The molecule has 0 aromatic carbocycles. The van der Waals surface area contributed by atoms with E-state index in [1.165, 1.54) is 17.3 Å². The van der Waals surface area contributed by atoms with Gasteiger partial charge in [0.15, 0.2) is 9.90 Å². The van der Waals surface area contributed by atoms with Crippen LogP contribution in [0.4, 0.5) is 0 Å². The predicted octanol–water partition coefficient (Wildman–Crippen LogP) is 1.28. The number of carbonyl (C=O) groups is 1. The smallest absolute Gasteiger partial charge is 0.359 e. The highest BCUT2D eigenvalue weighted by Crippen LogP contribution is 2.21. The van der Waals surface area contributed by atoms with Crippen LogP contribution in [0.5, 0.6) is 0 Å². The number of methoxy groups -OCH3 is 1. The molecule has 0 aliphatic heterocycles. The van der Waals surface area contributed by atoms with Gasteiger partial charge in [-0.3, -0.25) is 4.68 Å². The molecule has 2 aromatic rings. The van der Waals surface area contributed by atoms with Crippen molar-refractivity contribution in [2.45, 2.75) is 18.1 Å². The van der Waals surface area contributed by atoms with Crippen molar-refractivity contribution in [1.29, 1.82) is 0 Å². The fraction of sp³-hybridized carbons (Fsp3) is 0.273. The molecule has 0 spiro atoms. The van der Waals surface area contributed by atoms with Gasteiger partial charge in [-0.2, -0.15) is 8.42 Å². The minimum absolute atomic E-state index is 0.170. The van der Waals surface area contributed by atoms with Gasteiger partial charge >= 0.3 is 5.97 Å². The summed E-state index contributed by atoms with van der Waals surface area (Å²) in [6.07, 6.45) is 0. The van der Waals surface area contributed by atoms with Crippen molar-refractivity contribution < 1.29 is 17.9 Å². The molecule has 2 rings (SSSR count). The number of nitrogens with zero attached hydrogens (tertiary/aromatic N) is 2. The summed E-state index contributed by atoms with van der Waals surface area (Å²) in [4.78, 5) is 17.7. The molecular formula is C11H13N3O4S2. The lowest BCUT2D eigenvalue weighted by Crippen LogP contribution is -2.25. The van der Waals surface area contributed by atoms with Gasteiger partial charge in [-0.15, -0.1) is 11.3 Å². The quantitative estimate of drug-likeness (QED) is 0.858. The molecule has 0 fully saturated rings. The largest absolute Gasteiger partial charge is 0.464 e. The predicted molar refractivity (Wildman–Crippen MR) is 73.9 cm³/mol. The van der Waals surface area contributed by atoms with Crippen LogP contribution in [0, 0.1) is 13.8 Å². The van der Waals surface area contributed by atoms with Crippen LogP contribution >= 0.6 is 11.3 Å². The van der Waals surface area contributed by atoms with Crippen LogP contribution in [0.15, 0.2) is 21.9 Å². The molecular weight excluding hydrogens is 302 g/mol. The van der Waals surface area contributed by atoms with E-state index < -0.39 is 16.0 Å². The van der Waals surface area contributed by atoms with Crippen LogP contribution in [0.1, 0.15) is 21.9 Å². The van der Waals surface area contributed by atoms with Crippen molar-refractivity contribution >= 4 is 27.3 Å². The van der Waals surface area contributed by atoms with E-state index in [2.05, 4.69) is 14.6 Å². The highest BCUT2D eigenvalue weighted by Gasteiger charge is 2.27. The molecule has 1 N–H and O–H groups in total. The first-order valence-electron chi connectivity index (χ1n) is 5.56. The summed E-state index contributed by atoms with van der Waals surface area (Å²) < 4.78 is 30.5. The molecule has 0 radical (unpaired) electrons. The van der Waals surface area contributed by atoms with E-state index >= 15 is 0 Å². The SMILES string of the molecule is COC(=O)c1ncsc1S(=O)(=O)Nn1c(C)ccc1C. The number of nitrogens with one attached hydrogen (secondary N) is 1. The molecule has 2 aromatic heterocycles. The molecule has 0 saturated carbocycles. The van der Waals surface area contributed by atoms with Crippen molar-refractivity contribution in [3.05, 3.63) is 34.7 Å². The van der Waals surface area contributed by atoms with Gasteiger partial charge in [-0.1, -0.05) is 0 Å². The first-order valence-corrected chi connectivity index (χ1v) is 7.92. The van der Waals surface area contributed by atoms with Gasteiger partial charge in [0.1, 0.15) is 0 Å². The Hall–Kier alpha value is -1.87. The number of sulfonamides is 1. The van der Waals surface area contributed by atoms with Crippen LogP contribution in [0.2, 0.25) is 0 Å². The van der Waals surface area contributed by atoms with Crippen molar-refractivity contribution in [2.75, 3.05) is 11.9 Å². The van der Waals surface area contributed by atoms with Gasteiger partial charge in [-0.25, -0.2) is 14.6 Å². The number of aryl methyl sites for hydroxylation is 2. The minimum atomic E-state index is -3.90. The standard InChI is InChI=1S/C11H13N3O4S2/c1-7-4-5-8(2)14(7)13-20(16,17)11-9(10(15)18-3)12-6-19-11/h4-6,13H,1-3H3. The Labute approximate surface area is 120 Å². The van der Waals surface area contributed by atoms with E-state index in [1.54, 1.807) is 26.0 Å². The molecule has 0 aliphatic carbocycles. The number of hydrogen-bond acceptors (Lipinski definition) is 6. The number of rotatable bonds is 4. The number of ether oxygens (including phenoxy) is 1. The van der Waals surface area contributed by atoms with Crippen LogP contribution in [-0.2, 0) is 14.8 Å². The first kappa shape index (κ1) is 14.5. The fourth-order valence-corrected chi connectivity index (χ4v) is 3.88. The lowest BCUT2D eigenvalue weighted by atomic mass is 10.5. The molecule has 7 nitrogen and oxygen atoms in total. The van der Waals surface area contributed by atoms with E-state index in [9.17, 15) is 13.2 Å². The fourth-order valence-electron chi connectivity index (χ4n) is 1.63. The number of hydrogen-bond donors (Lipinski definition) is 1. The summed E-state index contributed by atoms with van der Waals surface area (Å²) in [5.41, 5.74) is 2.54. The van der Waals surface area contributed by atoms with Crippen molar-refractivity contribution in [2.24, 2.45) is 0 Å². The van der Waals surface area contributed by atoms with E-state index in [1.807, 2.05) is 0 Å². The number of thiazole rings is 1. The summed E-state index contributed by atoms with van der Waals surface area (Å²) in [6, 6.07) is 3.57. The second-order valence-corrected chi connectivity index (χ2v) is 6.74. The normalized spacial score (nSPS) is 11.3. The highest BCUT2D eigenvalue weighted by molar-refractivity contribution is 7.94. The summed E-state index contributed by atoms with van der Waals surface area (Å²) in [7, 11) is -2.73. The van der Waals surface area contributed by atoms with Gasteiger partial charge in [-0.05, 0) is 26.0 Å². The molecule has 0 atom stereocenters. The summed E-state index contributed by atoms with van der Waals surface area (Å²) in [5.74, 6) is -0.785. The van der Waals surface area contributed by atoms with Gasteiger partial charge in [0.25, 0.3) is 10.0 Å². The van der Waals surface area contributed by atoms with E-state index in [0.29, 0.717) is 0 Å². The molecule has 9 heteroatoms. The summed E-state index contributed by atoms with van der Waals surface area (Å²) in [5, 5.41) is 0. The van der Waals surface area contributed by atoms with Gasteiger partial charge < -0.3 is 4.74 Å². The lowest BCUT2D eigenvalue weighted by molar-refractivity contribution is 0.0590. The zero-order valence-electron chi connectivity index (χ0n) is 11.1. The van der Waals surface area contributed by atoms with Crippen LogP contribution in [0.25, 0.3) is 0 Å². The minimum Gasteiger partial charge on any atom is -0.464 e. The summed E-state index contributed by atoms with van der Waals surface area (Å²) in [6.45, 7) is 3.53. The van der Waals surface area contributed by atoms with E-state index in [4.69, 9.17) is 0 Å². The Morgan fingerprint density at radius 1 is 1.35 bits per heavy atom. The highest BCUT2D eigenvalue weighted by atomic mass is 32.2. The molecule has 0 amide bonds. The molecule has 0 saturated heterocycles. The average molecular weight is 315 g/mol. The lowest BCUT2D eigenvalue weighted by Gasteiger charge is -2.12. The number of aromatic nitrogens is 2. The van der Waals surface area contributed by atoms with Gasteiger partial charge in [0, 0.05) is 11.4 Å². The third-order valence-corrected chi connectivity index (χ3v) is 5.31. The monoisotopic (exact) mass is 315 g/mol. The number of esters is 1. The zero-order chi connectivity index (χ0) is 14.9. The van der Waals surface area contributed by atoms with Crippen molar-refractivity contribution in [1.82, 2.24) is 9.66 Å². The maximum absolute atomic E-state index is 12.3. The third-order valence-electron chi connectivity index (χ3n) is 2.64. The van der Waals surface area contributed by atoms with Crippen LogP contribution in [0.3, 0.4) is 0 Å². The summed E-state index contributed by atoms with van der Waals surface area (Å²) >= 11 is 0.858. The second-order valence-electron chi connectivity index (χ2n) is 4.03. The maximum Gasteiger partial charge on any atom is 0.359 e. The Bertz CT molecular complexity index is 726. The Balaban J connectivity index is 2.42. The zero-order valence-corrected chi connectivity index (χ0v) is 12.7. The van der Waals surface area contributed by atoms with E-state index in [0.717, 1.165) is 22.7 Å². The molecule has 0 aliphatic rings. The second kappa shape index (κ2) is 5.25. The van der Waals surface area contributed by atoms with Crippen LogP contribution < -0.4 is 4.83 Å². The topological polar surface area (TPSA) is 90.3 Å². The molecule has 0 unspecified atom stereocenters. The Morgan fingerprint density at radius 3 is 2.50 bits per heavy atom. The number of carbonyl (C=O) groups excluding carboxylic acids is 1. The third kappa shape index (κ3) is 2.54. The van der Waals surface area contributed by atoms with Gasteiger partial charge in [0.05, 0.1) is 12.6 Å². The molecule has 2 heterocycles. The average Bonchev–Trinajstić information content (AvgIpc) is 3.00. The molecule has 0 bridgehead atoms. The van der Waals surface area contributed by atoms with E-state index in [-0.39, 0.29) is 9.90 Å². The van der Waals surface area contributed by atoms with Crippen LogP contribution in [-0.4, -0.2) is 31.2 Å². The Kier molecular flexibility index (Phi) is 3.82. The van der Waals surface area contributed by atoms with Crippen molar-refractivity contribution in [3.63, 3.8) is 0 Å². The van der Waals surface area contributed by atoms with Crippen molar-refractivity contribution in [3.8, 4) is 0 Å². The maximum atomic E-state index is 12.3. The van der Waals surface area contributed by atoms with Gasteiger partial charge in [0.2, 0.25) is 0 Å². The Morgan fingerprint density at radius 2 is 1.95 bits per heavy atom. The molecule has 108 valence electrons.